The highest BCUT2D eigenvalue weighted by atomic mass is 19.3. The molecule has 0 amide bonds. The molecule has 2 heterocycles. The average molecular weight is 191 g/mol. The SMILES string of the molecule is CC1(N2CCCC(F)(F)C2)COC1. The molecule has 0 unspecified atom stereocenters. The van der Waals surface area contributed by atoms with Gasteiger partial charge in [-0.05, 0) is 19.9 Å². The maximum atomic E-state index is 13.1. The molecular weight excluding hydrogens is 176 g/mol. The standard InChI is InChI=1S/C9H15F2NO/c1-8(6-13-7-8)12-4-2-3-9(10,11)5-12/h2-7H2,1H3. The van der Waals surface area contributed by atoms with Gasteiger partial charge in [0.2, 0.25) is 0 Å². The Morgan fingerprint density at radius 3 is 2.46 bits per heavy atom. The monoisotopic (exact) mass is 191 g/mol. The quantitative estimate of drug-likeness (QED) is 0.623. The zero-order chi connectivity index (χ0) is 9.53. The predicted octanol–water partition coefficient (Wildman–Crippen LogP) is 1.51. The molecule has 2 fully saturated rings. The molecule has 0 bridgehead atoms. The van der Waals surface area contributed by atoms with Gasteiger partial charge in [-0.25, -0.2) is 8.78 Å². The summed E-state index contributed by atoms with van der Waals surface area (Å²) in [5.41, 5.74) is -0.121. The van der Waals surface area contributed by atoms with Crippen molar-refractivity contribution in [3.05, 3.63) is 0 Å². The lowest BCUT2D eigenvalue weighted by Gasteiger charge is -2.50. The molecule has 2 saturated heterocycles. The first-order valence-electron chi connectivity index (χ1n) is 4.73. The Labute approximate surface area is 76.9 Å². The van der Waals surface area contributed by atoms with E-state index >= 15 is 0 Å². The third kappa shape index (κ3) is 1.70. The molecule has 0 aromatic heterocycles. The Morgan fingerprint density at radius 2 is 2.00 bits per heavy atom. The van der Waals surface area contributed by atoms with Crippen LogP contribution < -0.4 is 0 Å². The molecule has 0 radical (unpaired) electrons. The van der Waals surface area contributed by atoms with Crippen LogP contribution in [0.4, 0.5) is 8.78 Å². The van der Waals surface area contributed by atoms with Crippen molar-refractivity contribution in [2.75, 3.05) is 26.3 Å². The van der Waals surface area contributed by atoms with Gasteiger partial charge >= 0.3 is 0 Å². The smallest absolute Gasteiger partial charge is 0.260 e. The summed E-state index contributed by atoms with van der Waals surface area (Å²) in [5, 5.41) is 0. The van der Waals surface area contributed by atoms with Crippen LogP contribution >= 0.6 is 0 Å². The van der Waals surface area contributed by atoms with E-state index in [1.54, 1.807) is 0 Å². The zero-order valence-corrected chi connectivity index (χ0v) is 7.85. The van der Waals surface area contributed by atoms with Crippen molar-refractivity contribution in [1.82, 2.24) is 4.90 Å². The van der Waals surface area contributed by atoms with E-state index < -0.39 is 5.92 Å². The zero-order valence-electron chi connectivity index (χ0n) is 7.85. The molecule has 2 nitrogen and oxygen atoms in total. The Hall–Kier alpha value is -0.220. The Morgan fingerprint density at radius 1 is 1.31 bits per heavy atom. The van der Waals surface area contributed by atoms with Gasteiger partial charge in [0.25, 0.3) is 5.92 Å². The third-order valence-electron chi connectivity index (χ3n) is 2.98. The number of hydrogen-bond acceptors (Lipinski definition) is 2. The maximum Gasteiger partial charge on any atom is 0.260 e. The maximum absolute atomic E-state index is 13.1. The molecule has 0 aromatic rings. The summed E-state index contributed by atoms with van der Waals surface area (Å²) >= 11 is 0. The first kappa shape index (κ1) is 9.34. The first-order chi connectivity index (χ1) is 6.02. The molecule has 0 spiro atoms. The van der Waals surface area contributed by atoms with Gasteiger partial charge in [-0.15, -0.1) is 0 Å². The van der Waals surface area contributed by atoms with E-state index in [1.165, 1.54) is 0 Å². The van der Waals surface area contributed by atoms with E-state index in [-0.39, 0.29) is 18.5 Å². The van der Waals surface area contributed by atoms with Crippen LogP contribution in [0.1, 0.15) is 19.8 Å². The minimum Gasteiger partial charge on any atom is -0.377 e. The third-order valence-corrected chi connectivity index (χ3v) is 2.98. The van der Waals surface area contributed by atoms with Gasteiger partial charge in [0.05, 0.1) is 25.3 Å². The van der Waals surface area contributed by atoms with Gasteiger partial charge in [0.1, 0.15) is 0 Å². The van der Waals surface area contributed by atoms with Crippen molar-refractivity contribution in [2.45, 2.75) is 31.2 Å². The fourth-order valence-corrected chi connectivity index (χ4v) is 2.01. The normalized spacial score (nSPS) is 32.5. The van der Waals surface area contributed by atoms with E-state index in [2.05, 4.69) is 0 Å². The van der Waals surface area contributed by atoms with Gasteiger partial charge in [0, 0.05) is 6.42 Å². The van der Waals surface area contributed by atoms with Crippen molar-refractivity contribution in [3.8, 4) is 0 Å². The number of rotatable bonds is 1. The second kappa shape index (κ2) is 2.89. The summed E-state index contributed by atoms with van der Waals surface area (Å²) < 4.78 is 31.2. The molecule has 0 aromatic carbocycles. The van der Waals surface area contributed by atoms with Gasteiger partial charge < -0.3 is 4.74 Å². The molecule has 13 heavy (non-hydrogen) atoms. The van der Waals surface area contributed by atoms with E-state index in [4.69, 9.17) is 4.74 Å². The van der Waals surface area contributed by atoms with Crippen molar-refractivity contribution < 1.29 is 13.5 Å². The van der Waals surface area contributed by atoms with Gasteiger partial charge in [-0.3, -0.25) is 4.90 Å². The fourth-order valence-electron chi connectivity index (χ4n) is 2.01. The molecule has 0 N–H and O–H groups in total. The van der Waals surface area contributed by atoms with E-state index in [9.17, 15) is 8.78 Å². The van der Waals surface area contributed by atoms with Crippen LogP contribution in [0.5, 0.6) is 0 Å². The number of likely N-dealkylation sites (tertiary alicyclic amines) is 1. The molecule has 0 atom stereocenters. The fraction of sp³-hybridized carbons (Fsp3) is 1.00. The second-order valence-corrected chi connectivity index (χ2v) is 4.37. The molecule has 4 heteroatoms. The van der Waals surface area contributed by atoms with E-state index in [0.717, 1.165) is 6.54 Å². The van der Waals surface area contributed by atoms with Crippen molar-refractivity contribution in [1.29, 1.82) is 0 Å². The number of nitrogens with zero attached hydrogens (tertiary/aromatic N) is 1. The van der Waals surface area contributed by atoms with Crippen LogP contribution in [0.3, 0.4) is 0 Å². The summed E-state index contributed by atoms with van der Waals surface area (Å²) in [6.45, 7) is 3.90. The van der Waals surface area contributed by atoms with Crippen LogP contribution in [0.25, 0.3) is 0 Å². The molecule has 0 saturated carbocycles. The highest BCUT2D eigenvalue weighted by Gasteiger charge is 2.46. The van der Waals surface area contributed by atoms with Crippen molar-refractivity contribution in [2.24, 2.45) is 0 Å². The topological polar surface area (TPSA) is 12.5 Å². The molecule has 76 valence electrons. The molecule has 2 aliphatic heterocycles. The Kier molecular flexibility index (Phi) is 2.07. The first-order valence-corrected chi connectivity index (χ1v) is 4.73. The van der Waals surface area contributed by atoms with Crippen LogP contribution in [-0.2, 0) is 4.74 Å². The number of piperidine rings is 1. The van der Waals surface area contributed by atoms with Crippen LogP contribution in [-0.4, -0.2) is 42.7 Å². The van der Waals surface area contributed by atoms with Crippen LogP contribution in [0, 0.1) is 0 Å². The second-order valence-electron chi connectivity index (χ2n) is 4.37. The molecule has 2 rings (SSSR count). The number of hydrogen-bond donors (Lipinski definition) is 0. The molecular formula is C9H15F2NO. The van der Waals surface area contributed by atoms with E-state index in [0.29, 0.717) is 19.6 Å². The van der Waals surface area contributed by atoms with E-state index in [1.807, 2.05) is 11.8 Å². The highest BCUT2D eigenvalue weighted by molar-refractivity contribution is 4.96. The summed E-state index contributed by atoms with van der Waals surface area (Å²) in [6, 6.07) is 0. The molecule has 2 aliphatic rings. The lowest BCUT2D eigenvalue weighted by atomic mass is 9.93. The van der Waals surface area contributed by atoms with Crippen molar-refractivity contribution >= 4 is 0 Å². The lowest BCUT2D eigenvalue weighted by molar-refractivity contribution is -0.171. The molecule has 0 aliphatic carbocycles. The number of ether oxygens (including phenoxy) is 1. The predicted molar refractivity (Wildman–Crippen MR) is 45.0 cm³/mol. The number of halogens is 2. The Balaban J connectivity index is 2.00. The summed E-state index contributed by atoms with van der Waals surface area (Å²) in [7, 11) is 0. The van der Waals surface area contributed by atoms with Gasteiger partial charge in [-0.2, -0.15) is 0 Å². The lowest BCUT2D eigenvalue weighted by Crippen LogP contribution is -2.63. The minimum absolute atomic E-state index is 0.0421. The minimum atomic E-state index is -2.49. The Bertz CT molecular complexity index is 204. The van der Waals surface area contributed by atoms with Gasteiger partial charge in [0.15, 0.2) is 0 Å². The average Bonchev–Trinajstić information content (AvgIpc) is 1.98. The van der Waals surface area contributed by atoms with Crippen LogP contribution in [0.2, 0.25) is 0 Å². The summed E-state index contributed by atoms with van der Waals surface area (Å²) in [4.78, 5) is 1.88. The largest absolute Gasteiger partial charge is 0.377 e. The highest BCUT2D eigenvalue weighted by Crippen LogP contribution is 2.33. The van der Waals surface area contributed by atoms with Gasteiger partial charge in [-0.1, -0.05) is 0 Å². The van der Waals surface area contributed by atoms with Crippen molar-refractivity contribution in [3.63, 3.8) is 0 Å². The summed E-state index contributed by atoms with van der Waals surface area (Å²) in [6.07, 6.45) is 0.642. The van der Waals surface area contributed by atoms with Crippen LogP contribution in [0.15, 0.2) is 0 Å². The summed E-state index contributed by atoms with van der Waals surface area (Å²) in [5.74, 6) is -2.49. The number of alkyl halides is 2.